The first-order valence-corrected chi connectivity index (χ1v) is 7.72. The van der Waals surface area contributed by atoms with Gasteiger partial charge < -0.3 is 10.6 Å². The SMILES string of the molecule is Cn1cc(Nc2ncc(F)c(N[C@@H]3C[C@H]4CC[C@@H]3C4)n2)cn1. The molecule has 2 N–H and O–H groups in total. The molecule has 3 atom stereocenters. The lowest BCUT2D eigenvalue weighted by Crippen LogP contribution is -2.27. The van der Waals surface area contributed by atoms with Gasteiger partial charge in [0.25, 0.3) is 0 Å². The molecule has 0 unspecified atom stereocenters. The number of hydrogen-bond acceptors (Lipinski definition) is 5. The lowest BCUT2D eigenvalue weighted by molar-refractivity contribution is 0.436. The van der Waals surface area contributed by atoms with Crippen molar-refractivity contribution >= 4 is 17.5 Å². The van der Waals surface area contributed by atoms with Gasteiger partial charge in [-0.25, -0.2) is 9.37 Å². The van der Waals surface area contributed by atoms with Gasteiger partial charge >= 0.3 is 0 Å². The minimum atomic E-state index is -0.403. The zero-order chi connectivity index (χ0) is 15.1. The number of aromatic nitrogens is 4. The Labute approximate surface area is 128 Å². The van der Waals surface area contributed by atoms with Gasteiger partial charge in [-0.3, -0.25) is 4.68 Å². The number of fused-ring (bicyclic) bond motifs is 2. The van der Waals surface area contributed by atoms with Crippen LogP contribution in [0.15, 0.2) is 18.6 Å². The number of hydrogen-bond donors (Lipinski definition) is 2. The third kappa shape index (κ3) is 2.51. The molecule has 116 valence electrons. The molecule has 0 amide bonds. The molecule has 6 nitrogen and oxygen atoms in total. The largest absolute Gasteiger partial charge is 0.364 e. The van der Waals surface area contributed by atoms with Crippen LogP contribution in [0.3, 0.4) is 0 Å². The van der Waals surface area contributed by atoms with Gasteiger partial charge in [-0.15, -0.1) is 0 Å². The van der Waals surface area contributed by atoms with E-state index in [-0.39, 0.29) is 0 Å². The summed E-state index contributed by atoms with van der Waals surface area (Å²) in [6, 6.07) is 0.342. The van der Waals surface area contributed by atoms with Crippen molar-refractivity contribution in [3.8, 4) is 0 Å². The van der Waals surface area contributed by atoms with E-state index in [4.69, 9.17) is 0 Å². The maximum atomic E-state index is 14.0. The van der Waals surface area contributed by atoms with E-state index >= 15 is 0 Å². The van der Waals surface area contributed by atoms with E-state index in [1.807, 2.05) is 13.2 Å². The van der Waals surface area contributed by atoms with E-state index in [1.54, 1.807) is 10.9 Å². The summed E-state index contributed by atoms with van der Waals surface area (Å²) in [5, 5.41) is 10.4. The maximum Gasteiger partial charge on any atom is 0.229 e. The van der Waals surface area contributed by atoms with Crippen molar-refractivity contribution in [1.29, 1.82) is 0 Å². The Morgan fingerprint density at radius 3 is 2.86 bits per heavy atom. The zero-order valence-corrected chi connectivity index (χ0v) is 12.5. The van der Waals surface area contributed by atoms with Crippen molar-refractivity contribution in [2.24, 2.45) is 18.9 Å². The molecular formula is C15H19FN6. The number of nitrogens with zero attached hydrogens (tertiary/aromatic N) is 4. The highest BCUT2D eigenvalue weighted by molar-refractivity contribution is 5.53. The Bertz CT molecular complexity index is 684. The van der Waals surface area contributed by atoms with Gasteiger partial charge in [-0.1, -0.05) is 6.42 Å². The van der Waals surface area contributed by atoms with E-state index < -0.39 is 5.82 Å². The molecule has 7 heteroatoms. The lowest BCUT2D eigenvalue weighted by Gasteiger charge is -2.23. The average molecular weight is 302 g/mol. The second-order valence-corrected chi connectivity index (χ2v) is 6.34. The van der Waals surface area contributed by atoms with Crippen LogP contribution in [0.25, 0.3) is 0 Å². The van der Waals surface area contributed by atoms with Crippen molar-refractivity contribution < 1.29 is 4.39 Å². The molecule has 2 saturated carbocycles. The first-order chi connectivity index (χ1) is 10.7. The maximum absolute atomic E-state index is 14.0. The molecule has 0 aliphatic heterocycles. The number of nitrogens with one attached hydrogen (secondary N) is 2. The molecule has 0 saturated heterocycles. The third-order valence-electron chi connectivity index (χ3n) is 4.77. The fraction of sp³-hybridized carbons (Fsp3) is 0.533. The second-order valence-electron chi connectivity index (χ2n) is 6.34. The zero-order valence-electron chi connectivity index (χ0n) is 12.5. The van der Waals surface area contributed by atoms with Crippen LogP contribution in [0.1, 0.15) is 25.7 Å². The van der Waals surface area contributed by atoms with Crippen LogP contribution in [-0.4, -0.2) is 25.8 Å². The fourth-order valence-electron chi connectivity index (χ4n) is 3.74. The second kappa shape index (κ2) is 5.23. The number of halogens is 1. The van der Waals surface area contributed by atoms with E-state index in [1.165, 1.54) is 25.5 Å². The van der Waals surface area contributed by atoms with Crippen LogP contribution >= 0.6 is 0 Å². The van der Waals surface area contributed by atoms with Crippen LogP contribution in [0.5, 0.6) is 0 Å². The summed E-state index contributed by atoms with van der Waals surface area (Å²) in [6.45, 7) is 0. The van der Waals surface area contributed by atoms with Gasteiger partial charge in [-0.05, 0) is 31.1 Å². The van der Waals surface area contributed by atoms with Crippen molar-refractivity contribution in [2.45, 2.75) is 31.7 Å². The van der Waals surface area contributed by atoms with Crippen molar-refractivity contribution in [3.63, 3.8) is 0 Å². The summed E-state index contributed by atoms with van der Waals surface area (Å²) >= 11 is 0. The van der Waals surface area contributed by atoms with Crippen molar-refractivity contribution in [3.05, 3.63) is 24.4 Å². The number of aryl methyl sites for hydroxylation is 1. The van der Waals surface area contributed by atoms with E-state index in [9.17, 15) is 4.39 Å². The van der Waals surface area contributed by atoms with Crippen LogP contribution in [0.4, 0.5) is 21.8 Å². The number of rotatable bonds is 4. The van der Waals surface area contributed by atoms with Gasteiger partial charge in [0.15, 0.2) is 11.6 Å². The van der Waals surface area contributed by atoms with Gasteiger partial charge in [-0.2, -0.15) is 10.1 Å². The van der Waals surface area contributed by atoms with Crippen molar-refractivity contribution in [1.82, 2.24) is 19.7 Å². The predicted molar refractivity (Wildman–Crippen MR) is 81.3 cm³/mol. The average Bonchev–Trinajstić information content (AvgIpc) is 3.20. The highest BCUT2D eigenvalue weighted by Gasteiger charge is 2.39. The normalized spacial score (nSPS) is 26.4. The van der Waals surface area contributed by atoms with Gasteiger partial charge in [0, 0.05) is 19.3 Å². The molecule has 0 aromatic carbocycles. The van der Waals surface area contributed by atoms with Crippen LogP contribution < -0.4 is 10.6 Å². The van der Waals surface area contributed by atoms with Gasteiger partial charge in [0.2, 0.25) is 5.95 Å². The van der Waals surface area contributed by atoms with Gasteiger partial charge in [0.05, 0.1) is 18.1 Å². The molecule has 2 aliphatic rings. The quantitative estimate of drug-likeness (QED) is 0.909. The third-order valence-corrected chi connectivity index (χ3v) is 4.77. The monoisotopic (exact) mass is 302 g/mol. The smallest absolute Gasteiger partial charge is 0.229 e. The molecule has 2 aliphatic carbocycles. The minimum Gasteiger partial charge on any atom is -0.364 e. The first-order valence-electron chi connectivity index (χ1n) is 7.72. The molecule has 2 aromatic heterocycles. The Balaban J connectivity index is 1.50. The Hall–Kier alpha value is -2.18. The highest BCUT2D eigenvalue weighted by Crippen LogP contribution is 2.45. The molecule has 0 radical (unpaired) electrons. The summed E-state index contributed by atoms with van der Waals surface area (Å²) in [5.41, 5.74) is 0.778. The summed E-state index contributed by atoms with van der Waals surface area (Å²) in [7, 11) is 1.83. The molecule has 0 spiro atoms. The summed E-state index contributed by atoms with van der Waals surface area (Å²) < 4.78 is 15.7. The molecule has 2 bridgehead atoms. The summed E-state index contributed by atoms with van der Waals surface area (Å²) in [6.07, 6.45) is 9.66. The summed E-state index contributed by atoms with van der Waals surface area (Å²) in [5.74, 6) is 1.73. The van der Waals surface area contributed by atoms with Crippen LogP contribution in [0, 0.1) is 17.7 Å². The molecule has 2 aromatic rings. The van der Waals surface area contributed by atoms with Gasteiger partial charge in [0.1, 0.15) is 0 Å². The predicted octanol–water partition coefficient (Wildman–Crippen LogP) is 2.69. The Kier molecular flexibility index (Phi) is 3.20. The standard InChI is InChI=1S/C15H19FN6/c1-22-8-11(6-18-22)19-15-17-7-12(16)14(21-15)20-13-5-9-2-3-10(13)4-9/h6-10,13H,2-5H2,1H3,(H2,17,19,20,21)/t9-,10+,13+/m0/s1. The topological polar surface area (TPSA) is 67.7 Å². The highest BCUT2D eigenvalue weighted by atomic mass is 19.1. The molecule has 4 rings (SSSR count). The Morgan fingerprint density at radius 1 is 1.27 bits per heavy atom. The molecule has 2 fully saturated rings. The first kappa shape index (κ1) is 13.5. The minimum absolute atomic E-state index is 0.291. The molecular weight excluding hydrogens is 283 g/mol. The number of anilines is 3. The summed E-state index contributed by atoms with van der Waals surface area (Å²) in [4.78, 5) is 8.27. The van der Waals surface area contributed by atoms with Crippen LogP contribution in [-0.2, 0) is 7.05 Å². The molecule has 22 heavy (non-hydrogen) atoms. The van der Waals surface area contributed by atoms with Crippen LogP contribution in [0.2, 0.25) is 0 Å². The van der Waals surface area contributed by atoms with E-state index in [0.29, 0.717) is 23.7 Å². The molecule has 2 heterocycles. The van der Waals surface area contributed by atoms with E-state index in [2.05, 4.69) is 25.7 Å². The Morgan fingerprint density at radius 2 is 2.18 bits per heavy atom. The van der Waals surface area contributed by atoms with Crippen molar-refractivity contribution in [2.75, 3.05) is 10.6 Å². The van der Waals surface area contributed by atoms with E-state index in [0.717, 1.165) is 18.0 Å². The fourth-order valence-corrected chi connectivity index (χ4v) is 3.74. The lowest BCUT2D eigenvalue weighted by atomic mass is 9.95.